The molecular weight excluding hydrogens is 466 g/mol. The summed E-state index contributed by atoms with van der Waals surface area (Å²) in [6.45, 7) is -1.46. The SMILES string of the molecule is O=C(NCC(F)(F)F)Nc1cccc(-c2cnc3cc(C4=CC=C(C(F)(F)F)NN4)ccn23)c1. The van der Waals surface area contributed by atoms with Crippen molar-refractivity contribution in [3.63, 3.8) is 0 Å². The molecule has 3 heterocycles. The zero-order valence-electron chi connectivity index (χ0n) is 17.1. The Hall–Kier alpha value is -4.16. The van der Waals surface area contributed by atoms with Gasteiger partial charge in [-0.2, -0.15) is 26.3 Å². The highest BCUT2D eigenvalue weighted by Gasteiger charge is 2.34. The lowest BCUT2D eigenvalue weighted by atomic mass is 10.1. The lowest BCUT2D eigenvalue weighted by Crippen LogP contribution is -2.38. The third-order valence-electron chi connectivity index (χ3n) is 4.74. The summed E-state index contributed by atoms with van der Waals surface area (Å²) in [7, 11) is 0. The van der Waals surface area contributed by atoms with Gasteiger partial charge in [0, 0.05) is 23.0 Å². The molecule has 0 spiro atoms. The largest absolute Gasteiger partial charge is 0.432 e. The number of hydrogen-bond donors (Lipinski definition) is 4. The molecule has 34 heavy (non-hydrogen) atoms. The summed E-state index contributed by atoms with van der Waals surface area (Å²) in [6, 6.07) is 8.80. The topological polar surface area (TPSA) is 82.5 Å². The van der Waals surface area contributed by atoms with Gasteiger partial charge in [0.2, 0.25) is 0 Å². The molecule has 0 saturated carbocycles. The molecule has 7 nitrogen and oxygen atoms in total. The molecule has 0 fully saturated rings. The van der Waals surface area contributed by atoms with Gasteiger partial charge < -0.3 is 16.1 Å². The molecule has 2 aromatic heterocycles. The maximum atomic E-state index is 12.7. The van der Waals surface area contributed by atoms with E-state index < -0.39 is 30.6 Å². The number of anilines is 1. The number of amides is 2. The van der Waals surface area contributed by atoms with Crippen molar-refractivity contribution < 1.29 is 31.1 Å². The Morgan fingerprint density at radius 1 is 1.00 bits per heavy atom. The highest BCUT2D eigenvalue weighted by Crippen LogP contribution is 2.28. The molecule has 0 aliphatic carbocycles. The van der Waals surface area contributed by atoms with E-state index in [9.17, 15) is 31.1 Å². The van der Waals surface area contributed by atoms with E-state index in [0.717, 1.165) is 6.08 Å². The predicted octanol–water partition coefficient (Wildman–Crippen LogP) is 4.58. The number of carbonyl (C=O) groups excluding carboxylic acids is 1. The van der Waals surface area contributed by atoms with E-state index in [1.165, 1.54) is 12.1 Å². The fourth-order valence-electron chi connectivity index (χ4n) is 3.19. The summed E-state index contributed by atoms with van der Waals surface area (Å²) in [6.07, 6.45) is -3.56. The molecule has 0 unspecified atom stereocenters. The van der Waals surface area contributed by atoms with Crippen molar-refractivity contribution in [2.24, 2.45) is 0 Å². The molecule has 4 N–H and O–H groups in total. The molecule has 1 aromatic carbocycles. The highest BCUT2D eigenvalue weighted by molar-refractivity contribution is 5.90. The number of alkyl halides is 6. The van der Waals surface area contributed by atoms with Crippen LogP contribution in [0.4, 0.5) is 36.8 Å². The monoisotopic (exact) mass is 482 g/mol. The van der Waals surface area contributed by atoms with Crippen molar-refractivity contribution in [3.05, 3.63) is 72.2 Å². The van der Waals surface area contributed by atoms with Gasteiger partial charge in [-0.15, -0.1) is 0 Å². The van der Waals surface area contributed by atoms with Crippen LogP contribution in [0.25, 0.3) is 22.6 Å². The first kappa shape index (κ1) is 23.0. The van der Waals surface area contributed by atoms with Gasteiger partial charge in [0.25, 0.3) is 0 Å². The number of nitrogens with zero attached hydrogens (tertiary/aromatic N) is 2. The predicted molar refractivity (Wildman–Crippen MR) is 112 cm³/mol. The number of fused-ring (bicyclic) bond motifs is 1. The molecule has 178 valence electrons. The maximum absolute atomic E-state index is 12.7. The van der Waals surface area contributed by atoms with Gasteiger partial charge in [0.15, 0.2) is 0 Å². The van der Waals surface area contributed by atoms with Crippen molar-refractivity contribution in [1.29, 1.82) is 0 Å². The number of benzene rings is 1. The van der Waals surface area contributed by atoms with Crippen LogP contribution in [-0.4, -0.2) is 34.3 Å². The van der Waals surface area contributed by atoms with E-state index >= 15 is 0 Å². The molecule has 13 heteroatoms. The summed E-state index contributed by atoms with van der Waals surface area (Å²) < 4.78 is 76.7. The fourth-order valence-corrected chi connectivity index (χ4v) is 3.19. The van der Waals surface area contributed by atoms with Gasteiger partial charge in [0.05, 0.1) is 17.6 Å². The summed E-state index contributed by atoms with van der Waals surface area (Å²) in [5.74, 6) is 0. The number of rotatable bonds is 4. The Bertz CT molecular complexity index is 1290. The lowest BCUT2D eigenvalue weighted by Gasteiger charge is -2.21. The standard InChI is InChI=1S/C21H16F6N6O/c22-20(23,24)11-29-19(34)30-14-3-1-2-13(8-14)16-10-28-18-9-12(6-7-33(16)18)15-4-5-17(32-31-15)21(25,26)27/h1-10,31-32H,11H2,(H2,29,30,34). The van der Waals surface area contributed by atoms with Crippen molar-refractivity contribution in [2.75, 3.05) is 11.9 Å². The fraction of sp³-hybridized carbons (Fsp3) is 0.143. The van der Waals surface area contributed by atoms with Crippen molar-refractivity contribution in [1.82, 2.24) is 25.6 Å². The molecule has 0 radical (unpaired) electrons. The number of hydrogen-bond acceptors (Lipinski definition) is 4. The molecule has 1 aliphatic rings. The molecule has 0 atom stereocenters. The van der Waals surface area contributed by atoms with Crippen LogP contribution in [0.5, 0.6) is 0 Å². The first-order valence-corrected chi connectivity index (χ1v) is 9.70. The summed E-state index contributed by atoms with van der Waals surface area (Å²) in [5.41, 5.74) is 6.75. The second-order valence-electron chi connectivity index (χ2n) is 7.20. The number of imidazole rings is 1. The van der Waals surface area contributed by atoms with Crippen molar-refractivity contribution >= 4 is 23.1 Å². The lowest BCUT2D eigenvalue weighted by molar-refractivity contribution is -0.122. The number of hydrazine groups is 1. The van der Waals surface area contributed by atoms with E-state index in [-0.39, 0.29) is 5.69 Å². The van der Waals surface area contributed by atoms with E-state index in [1.807, 2.05) is 0 Å². The van der Waals surface area contributed by atoms with E-state index in [0.29, 0.717) is 28.2 Å². The van der Waals surface area contributed by atoms with Gasteiger partial charge in [-0.1, -0.05) is 12.1 Å². The third kappa shape index (κ3) is 5.24. The summed E-state index contributed by atoms with van der Waals surface area (Å²) >= 11 is 0. The Kier molecular flexibility index (Phi) is 5.85. The van der Waals surface area contributed by atoms with Crippen LogP contribution < -0.4 is 21.5 Å². The van der Waals surface area contributed by atoms with Crippen LogP contribution in [0.1, 0.15) is 5.56 Å². The van der Waals surface area contributed by atoms with Crippen LogP contribution in [-0.2, 0) is 0 Å². The number of aromatic nitrogens is 2. The molecule has 0 bridgehead atoms. The smallest absolute Gasteiger partial charge is 0.329 e. The Morgan fingerprint density at radius 3 is 2.47 bits per heavy atom. The van der Waals surface area contributed by atoms with Crippen molar-refractivity contribution in [2.45, 2.75) is 12.4 Å². The van der Waals surface area contributed by atoms with Gasteiger partial charge in [-0.05, 0) is 36.4 Å². The third-order valence-corrected chi connectivity index (χ3v) is 4.74. The number of carbonyl (C=O) groups is 1. The Labute approximate surface area is 188 Å². The minimum Gasteiger partial charge on any atom is -0.329 e. The normalized spacial score (nSPS) is 14.1. The average molecular weight is 482 g/mol. The summed E-state index contributed by atoms with van der Waals surface area (Å²) in [5, 5.41) is 4.07. The number of urea groups is 1. The first-order chi connectivity index (χ1) is 16.0. The van der Waals surface area contributed by atoms with E-state index in [4.69, 9.17) is 0 Å². The second kappa shape index (κ2) is 8.65. The van der Waals surface area contributed by atoms with E-state index in [1.54, 1.807) is 52.4 Å². The Morgan fingerprint density at radius 2 is 1.79 bits per heavy atom. The first-order valence-electron chi connectivity index (χ1n) is 9.70. The zero-order valence-corrected chi connectivity index (χ0v) is 17.1. The van der Waals surface area contributed by atoms with E-state index in [2.05, 4.69) is 21.2 Å². The van der Waals surface area contributed by atoms with Gasteiger partial charge in [-0.3, -0.25) is 9.83 Å². The molecule has 4 rings (SSSR count). The molecule has 0 saturated heterocycles. The van der Waals surface area contributed by atoms with Gasteiger partial charge in [-0.25, -0.2) is 9.78 Å². The van der Waals surface area contributed by atoms with Crippen LogP contribution in [0.2, 0.25) is 0 Å². The van der Waals surface area contributed by atoms with Gasteiger partial charge in [0.1, 0.15) is 17.9 Å². The average Bonchev–Trinajstić information content (AvgIpc) is 3.20. The maximum Gasteiger partial charge on any atom is 0.432 e. The molecule has 2 amide bonds. The summed E-state index contributed by atoms with van der Waals surface area (Å²) in [4.78, 5) is 16.0. The zero-order chi connectivity index (χ0) is 24.5. The number of allylic oxidation sites excluding steroid dienone is 3. The van der Waals surface area contributed by atoms with Crippen LogP contribution in [0.15, 0.2) is 66.6 Å². The Balaban J connectivity index is 1.54. The molecule has 1 aliphatic heterocycles. The molecule has 3 aromatic rings. The minimum atomic E-state index is -4.52. The van der Waals surface area contributed by atoms with Crippen LogP contribution in [0, 0.1) is 0 Å². The second-order valence-corrected chi connectivity index (χ2v) is 7.20. The van der Waals surface area contributed by atoms with Crippen LogP contribution >= 0.6 is 0 Å². The highest BCUT2D eigenvalue weighted by atomic mass is 19.4. The molecular formula is C21H16F6N6O. The number of nitrogens with one attached hydrogen (secondary N) is 4. The number of pyridine rings is 1. The minimum absolute atomic E-state index is 0.277. The number of halogens is 6. The quantitative estimate of drug-likeness (QED) is 0.411. The van der Waals surface area contributed by atoms with Crippen molar-refractivity contribution in [3.8, 4) is 11.3 Å². The van der Waals surface area contributed by atoms with Crippen LogP contribution in [0.3, 0.4) is 0 Å². The van der Waals surface area contributed by atoms with Gasteiger partial charge >= 0.3 is 18.4 Å².